The van der Waals surface area contributed by atoms with Gasteiger partial charge in [0.15, 0.2) is 0 Å². The third-order valence-electron chi connectivity index (χ3n) is 1.83. The summed E-state index contributed by atoms with van der Waals surface area (Å²) in [5, 5.41) is 0. The lowest BCUT2D eigenvalue weighted by Gasteiger charge is -1.99. The predicted octanol–water partition coefficient (Wildman–Crippen LogP) is 3.06. The summed E-state index contributed by atoms with van der Waals surface area (Å²) in [6, 6.07) is 13.0. The lowest BCUT2D eigenvalue weighted by Crippen LogP contribution is -1.82. The quantitative estimate of drug-likeness (QED) is 0.644. The van der Waals surface area contributed by atoms with Gasteiger partial charge in [-0.25, -0.2) is 0 Å². The summed E-state index contributed by atoms with van der Waals surface area (Å²) in [4.78, 5) is 4.16. The van der Waals surface area contributed by atoms with Crippen molar-refractivity contribution in [3.05, 3.63) is 54.2 Å². The molecule has 0 aliphatic heterocycles. The molecule has 1 aromatic carbocycles. The first-order chi connectivity index (χ1) is 7.57. The number of pyridine rings is 1. The van der Waals surface area contributed by atoms with E-state index in [0.717, 1.165) is 11.3 Å². The van der Waals surface area contributed by atoms with E-state index in [-0.39, 0.29) is 5.56 Å². The van der Waals surface area contributed by atoms with Crippen LogP contribution in [0.25, 0.3) is 11.3 Å². The molecule has 0 aliphatic rings. The molecule has 1 aromatic heterocycles. The summed E-state index contributed by atoms with van der Waals surface area (Å²) in [6.45, 7) is -2.08. The Bertz CT molecular complexity index is 460. The number of nitrogens with zero attached hydrogens (tertiary/aromatic N) is 1. The van der Waals surface area contributed by atoms with Crippen molar-refractivity contribution in [2.75, 3.05) is 0 Å². The van der Waals surface area contributed by atoms with Gasteiger partial charge in [0.2, 0.25) is 0 Å². The fourth-order valence-electron chi connectivity index (χ4n) is 1.17. The van der Waals surface area contributed by atoms with E-state index in [2.05, 4.69) is 4.98 Å². The Morgan fingerprint density at radius 2 is 1.92 bits per heavy atom. The Balaban J connectivity index is 2.34. The molecule has 0 unspecified atom stereocenters. The van der Waals surface area contributed by atoms with E-state index < -0.39 is 6.85 Å². The highest BCUT2D eigenvalue weighted by atomic mass is 14.7. The zero-order chi connectivity index (χ0) is 11.6. The monoisotopic (exact) mass is 172 g/mol. The number of benzene rings is 1. The summed E-state index contributed by atoms with van der Waals surface area (Å²) in [5.74, 6) is 0. The largest absolute Gasteiger partial charge is 0.256 e. The highest BCUT2D eigenvalue weighted by Gasteiger charge is 1.95. The fraction of sp³-hybridized carbons (Fsp3) is 0.0833. The third kappa shape index (κ3) is 1.75. The number of rotatable bonds is 1. The van der Waals surface area contributed by atoms with Crippen LogP contribution >= 0.6 is 0 Å². The lowest BCUT2D eigenvalue weighted by atomic mass is 10.1. The van der Waals surface area contributed by atoms with Crippen molar-refractivity contribution in [2.24, 2.45) is 0 Å². The van der Waals surface area contributed by atoms with Crippen LogP contribution in [-0.2, 0) is 0 Å². The van der Waals surface area contributed by atoms with Gasteiger partial charge in [-0.2, -0.15) is 0 Å². The van der Waals surface area contributed by atoms with Gasteiger partial charge in [0.05, 0.1) is 5.69 Å². The summed E-state index contributed by atoms with van der Waals surface area (Å²) >= 11 is 0. The van der Waals surface area contributed by atoms with Crippen molar-refractivity contribution in [3.63, 3.8) is 0 Å². The van der Waals surface area contributed by atoms with E-state index in [1.807, 2.05) is 30.3 Å². The van der Waals surface area contributed by atoms with Gasteiger partial charge in [-0.05, 0) is 18.5 Å². The molecule has 0 aliphatic carbocycles. The summed E-state index contributed by atoms with van der Waals surface area (Å²) in [7, 11) is 0. The maximum atomic E-state index is 7.24. The normalized spacial score (nSPS) is 14.3. The van der Waals surface area contributed by atoms with Crippen LogP contribution in [0.15, 0.2) is 48.7 Å². The van der Waals surface area contributed by atoms with Crippen LogP contribution in [0.3, 0.4) is 0 Å². The van der Waals surface area contributed by atoms with E-state index in [4.69, 9.17) is 4.11 Å². The van der Waals surface area contributed by atoms with E-state index in [1.165, 1.54) is 6.20 Å². The van der Waals surface area contributed by atoms with E-state index in [9.17, 15) is 0 Å². The third-order valence-corrected chi connectivity index (χ3v) is 1.83. The van der Waals surface area contributed by atoms with E-state index in [0.29, 0.717) is 0 Å². The summed E-state index contributed by atoms with van der Waals surface area (Å²) in [6.07, 6.45) is 1.41. The zero-order valence-corrected chi connectivity index (χ0v) is 7.07. The second kappa shape index (κ2) is 3.40. The van der Waals surface area contributed by atoms with E-state index in [1.54, 1.807) is 12.1 Å². The van der Waals surface area contributed by atoms with Crippen molar-refractivity contribution < 1.29 is 4.11 Å². The first-order valence-corrected chi connectivity index (χ1v) is 4.09. The Morgan fingerprint density at radius 1 is 1.08 bits per heavy atom. The zero-order valence-electron chi connectivity index (χ0n) is 10.1. The van der Waals surface area contributed by atoms with Gasteiger partial charge < -0.3 is 0 Å². The van der Waals surface area contributed by atoms with Crippen LogP contribution in [0.1, 0.15) is 9.68 Å². The van der Waals surface area contributed by atoms with E-state index >= 15 is 0 Å². The molecule has 1 nitrogen and oxygen atoms in total. The van der Waals surface area contributed by atoms with Crippen molar-refractivity contribution in [1.29, 1.82) is 0 Å². The van der Waals surface area contributed by atoms with Gasteiger partial charge in [-0.1, -0.05) is 36.4 Å². The predicted molar refractivity (Wildman–Crippen MR) is 54.4 cm³/mol. The van der Waals surface area contributed by atoms with Crippen LogP contribution in [0.4, 0.5) is 0 Å². The second-order valence-corrected chi connectivity index (χ2v) is 2.80. The second-order valence-electron chi connectivity index (χ2n) is 2.80. The Kier molecular flexibility index (Phi) is 1.35. The molecule has 1 heterocycles. The molecule has 0 spiro atoms. The molecule has 0 saturated heterocycles. The van der Waals surface area contributed by atoms with Crippen molar-refractivity contribution in [1.82, 2.24) is 4.98 Å². The first kappa shape index (κ1) is 5.18. The van der Waals surface area contributed by atoms with Crippen molar-refractivity contribution >= 4 is 0 Å². The topological polar surface area (TPSA) is 12.9 Å². The molecule has 1 heteroatoms. The Labute approximate surface area is 82.3 Å². The molecule has 0 bridgehead atoms. The molecule has 2 aromatic rings. The fourth-order valence-corrected chi connectivity index (χ4v) is 1.17. The molecule has 13 heavy (non-hydrogen) atoms. The Hall–Kier alpha value is -1.63. The SMILES string of the molecule is [2H]C([2H])([2H])c1ccc(-c2ccccc2)nc1. The molecular weight excluding hydrogens is 158 g/mol. The average Bonchev–Trinajstić information content (AvgIpc) is 2.29. The van der Waals surface area contributed by atoms with Crippen molar-refractivity contribution in [2.45, 2.75) is 6.85 Å². The van der Waals surface area contributed by atoms with Crippen LogP contribution in [0.2, 0.25) is 0 Å². The highest BCUT2D eigenvalue weighted by Crippen LogP contribution is 2.15. The molecule has 2 rings (SSSR count). The number of hydrogen-bond donors (Lipinski definition) is 0. The van der Waals surface area contributed by atoms with Crippen LogP contribution in [0, 0.1) is 6.85 Å². The summed E-state index contributed by atoms with van der Waals surface area (Å²) in [5.41, 5.74) is 2.04. The standard InChI is InChI=1S/C12H11N/c1-10-7-8-12(13-9-10)11-5-3-2-4-6-11/h2-9H,1H3/i1D3. The van der Waals surface area contributed by atoms with Crippen LogP contribution in [-0.4, -0.2) is 4.98 Å². The van der Waals surface area contributed by atoms with Gasteiger partial charge in [-0.3, -0.25) is 4.98 Å². The Morgan fingerprint density at radius 3 is 2.54 bits per heavy atom. The van der Waals surface area contributed by atoms with Gasteiger partial charge in [-0.15, -0.1) is 0 Å². The molecule has 0 N–H and O–H groups in total. The minimum atomic E-state index is -2.08. The van der Waals surface area contributed by atoms with Crippen LogP contribution < -0.4 is 0 Å². The molecule has 64 valence electrons. The number of aromatic nitrogens is 1. The minimum absolute atomic E-state index is 0.271. The van der Waals surface area contributed by atoms with Crippen molar-refractivity contribution in [3.8, 4) is 11.3 Å². The molecule has 0 atom stereocenters. The highest BCUT2D eigenvalue weighted by molar-refractivity contribution is 5.58. The maximum Gasteiger partial charge on any atom is 0.0702 e. The molecular formula is C12H11N. The average molecular weight is 172 g/mol. The van der Waals surface area contributed by atoms with Gasteiger partial charge in [0.1, 0.15) is 0 Å². The smallest absolute Gasteiger partial charge is 0.0702 e. The van der Waals surface area contributed by atoms with Gasteiger partial charge in [0.25, 0.3) is 0 Å². The van der Waals surface area contributed by atoms with Gasteiger partial charge in [0, 0.05) is 15.9 Å². The maximum absolute atomic E-state index is 7.24. The number of hydrogen-bond acceptors (Lipinski definition) is 1. The molecule has 0 saturated carbocycles. The summed E-state index contributed by atoms with van der Waals surface area (Å²) < 4.78 is 21.7. The molecule has 0 radical (unpaired) electrons. The first-order valence-electron chi connectivity index (χ1n) is 5.59. The molecule has 0 amide bonds. The lowest BCUT2D eigenvalue weighted by molar-refractivity contribution is 1.27. The van der Waals surface area contributed by atoms with Gasteiger partial charge >= 0.3 is 0 Å². The number of aryl methyl sites for hydroxylation is 1. The molecule has 0 fully saturated rings. The van der Waals surface area contributed by atoms with Crippen LogP contribution in [0.5, 0.6) is 0 Å². The minimum Gasteiger partial charge on any atom is -0.256 e.